The Kier molecular flexibility index (Phi) is 6.33. The highest BCUT2D eigenvalue weighted by molar-refractivity contribution is 5.01. The molecule has 3 heterocycles. The summed E-state index contributed by atoms with van der Waals surface area (Å²) < 4.78 is 10.6. The largest absolute Gasteiger partial charge is 0.468 e. The molecule has 1 aromatic heterocycles. The van der Waals surface area contributed by atoms with Crippen molar-refractivity contribution in [2.75, 3.05) is 53.0 Å². The van der Waals surface area contributed by atoms with Crippen molar-refractivity contribution in [2.45, 2.75) is 32.2 Å². The van der Waals surface area contributed by atoms with Gasteiger partial charge in [0.15, 0.2) is 0 Å². The van der Waals surface area contributed by atoms with Gasteiger partial charge in [-0.1, -0.05) is 0 Å². The van der Waals surface area contributed by atoms with Gasteiger partial charge in [0.25, 0.3) is 0 Å². The molecule has 1 spiro atoms. The molecule has 0 unspecified atom stereocenters. The smallest absolute Gasteiger partial charge is 0.117 e. The zero-order valence-corrected chi connectivity index (χ0v) is 15.0. The third kappa shape index (κ3) is 4.20. The van der Waals surface area contributed by atoms with Gasteiger partial charge in [0.05, 0.1) is 12.8 Å². The Morgan fingerprint density at radius 2 is 2.00 bits per heavy atom. The van der Waals surface area contributed by atoms with Gasteiger partial charge in [-0.15, -0.1) is 0 Å². The van der Waals surface area contributed by atoms with Crippen molar-refractivity contribution in [3.63, 3.8) is 0 Å². The molecule has 1 aromatic rings. The molecule has 0 amide bonds. The lowest BCUT2D eigenvalue weighted by atomic mass is 9.64. The number of ether oxygens (including phenoxy) is 1. The lowest BCUT2D eigenvalue weighted by Crippen LogP contribution is -2.53. The van der Waals surface area contributed by atoms with Crippen LogP contribution in [0.2, 0.25) is 0 Å². The van der Waals surface area contributed by atoms with Crippen LogP contribution in [0.3, 0.4) is 0 Å². The molecule has 2 aliphatic heterocycles. The third-order valence-corrected chi connectivity index (χ3v) is 6.13. The maximum absolute atomic E-state index is 10.0. The van der Waals surface area contributed by atoms with Crippen LogP contribution in [0, 0.1) is 11.3 Å². The fraction of sp³-hybridized carbons (Fsp3) is 0.789. The normalized spacial score (nSPS) is 25.3. The van der Waals surface area contributed by atoms with Crippen LogP contribution in [0.25, 0.3) is 0 Å². The third-order valence-electron chi connectivity index (χ3n) is 6.13. The highest BCUT2D eigenvalue weighted by atomic mass is 16.5. The number of nitrogens with zero attached hydrogens (tertiary/aromatic N) is 2. The molecule has 3 rings (SSSR count). The minimum Gasteiger partial charge on any atom is -0.468 e. The van der Waals surface area contributed by atoms with Gasteiger partial charge in [-0.25, -0.2) is 0 Å². The number of hydrogen-bond donors (Lipinski definition) is 1. The standard InChI is InChI=1S/C19H32N2O3/c1-23-12-3-8-20-9-5-19(6-10-20)7-11-21(14-17(19)16-22)15-18-4-2-13-24-18/h2,4,13,17,22H,3,5-12,14-16H2,1H3/t17-/m1/s1. The summed E-state index contributed by atoms with van der Waals surface area (Å²) in [7, 11) is 1.77. The van der Waals surface area contributed by atoms with Gasteiger partial charge in [0.1, 0.15) is 5.76 Å². The first-order valence-corrected chi connectivity index (χ1v) is 9.33. The Hall–Kier alpha value is -0.880. The number of aliphatic hydroxyl groups is 1. The van der Waals surface area contributed by atoms with E-state index in [1.807, 2.05) is 12.1 Å². The molecule has 24 heavy (non-hydrogen) atoms. The van der Waals surface area contributed by atoms with Gasteiger partial charge in [0, 0.05) is 39.3 Å². The molecule has 0 radical (unpaired) electrons. The van der Waals surface area contributed by atoms with Crippen LogP contribution in [0.15, 0.2) is 22.8 Å². The van der Waals surface area contributed by atoms with Gasteiger partial charge in [0.2, 0.25) is 0 Å². The quantitative estimate of drug-likeness (QED) is 0.774. The van der Waals surface area contributed by atoms with Gasteiger partial charge in [-0.2, -0.15) is 0 Å². The van der Waals surface area contributed by atoms with Crippen molar-refractivity contribution in [2.24, 2.45) is 11.3 Å². The molecule has 1 atom stereocenters. The van der Waals surface area contributed by atoms with Crippen molar-refractivity contribution in [1.82, 2.24) is 9.80 Å². The number of furan rings is 1. The van der Waals surface area contributed by atoms with E-state index in [4.69, 9.17) is 9.15 Å². The van der Waals surface area contributed by atoms with E-state index >= 15 is 0 Å². The highest BCUT2D eigenvalue weighted by Gasteiger charge is 2.44. The molecule has 0 saturated carbocycles. The van der Waals surface area contributed by atoms with E-state index in [-0.39, 0.29) is 0 Å². The Balaban J connectivity index is 1.51. The Bertz CT molecular complexity index is 469. The van der Waals surface area contributed by atoms with Crippen molar-refractivity contribution < 1.29 is 14.3 Å². The molecule has 2 aliphatic rings. The molecule has 0 bridgehead atoms. The van der Waals surface area contributed by atoms with Crippen LogP contribution in [-0.4, -0.2) is 68.0 Å². The van der Waals surface area contributed by atoms with Crippen molar-refractivity contribution >= 4 is 0 Å². The molecule has 0 aromatic carbocycles. The van der Waals surface area contributed by atoms with Crippen LogP contribution in [0.4, 0.5) is 0 Å². The maximum atomic E-state index is 10.0. The summed E-state index contributed by atoms with van der Waals surface area (Å²) in [6.07, 6.45) is 6.50. The van der Waals surface area contributed by atoms with E-state index in [9.17, 15) is 5.11 Å². The van der Waals surface area contributed by atoms with Gasteiger partial charge in [-0.3, -0.25) is 4.90 Å². The minimum atomic E-state index is 0.304. The zero-order valence-electron chi connectivity index (χ0n) is 15.0. The second kappa shape index (κ2) is 8.48. The zero-order chi connectivity index (χ0) is 16.8. The second-order valence-electron chi connectivity index (χ2n) is 7.49. The first kappa shape index (κ1) is 17.9. The maximum Gasteiger partial charge on any atom is 0.117 e. The predicted molar refractivity (Wildman–Crippen MR) is 93.8 cm³/mol. The first-order valence-electron chi connectivity index (χ1n) is 9.33. The molecule has 5 heteroatoms. The average Bonchev–Trinajstić information content (AvgIpc) is 3.12. The average molecular weight is 336 g/mol. The van der Waals surface area contributed by atoms with Crippen LogP contribution >= 0.6 is 0 Å². The van der Waals surface area contributed by atoms with Gasteiger partial charge in [-0.05, 0) is 62.9 Å². The van der Waals surface area contributed by atoms with Crippen LogP contribution in [0.1, 0.15) is 31.4 Å². The van der Waals surface area contributed by atoms with Crippen molar-refractivity contribution in [3.8, 4) is 0 Å². The molecular formula is C19H32N2O3. The summed E-state index contributed by atoms with van der Waals surface area (Å²) in [6.45, 7) is 7.58. The molecule has 2 fully saturated rings. The summed E-state index contributed by atoms with van der Waals surface area (Å²) >= 11 is 0. The van der Waals surface area contributed by atoms with Crippen LogP contribution < -0.4 is 0 Å². The van der Waals surface area contributed by atoms with Gasteiger partial charge >= 0.3 is 0 Å². The molecule has 0 aliphatic carbocycles. The van der Waals surface area contributed by atoms with E-state index in [0.717, 1.165) is 45.0 Å². The second-order valence-corrected chi connectivity index (χ2v) is 7.49. The summed E-state index contributed by atoms with van der Waals surface area (Å²) in [5.74, 6) is 1.41. The van der Waals surface area contributed by atoms with Crippen LogP contribution in [0.5, 0.6) is 0 Å². The van der Waals surface area contributed by atoms with Crippen molar-refractivity contribution in [1.29, 1.82) is 0 Å². The number of rotatable bonds is 7. The summed E-state index contributed by atoms with van der Waals surface area (Å²) in [5.41, 5.74) is 0.339. The van der Waals surface area contributed by atoms with Crippen molar-refractivity contribution in [3.05, 3.63) is 24.2 Å². The number of piperidine rings is 2. The predicted octanol–water partition coefficient (Wildman–Crippen LogP) is 2.21. The summed E-state index contributed by atoms with van der Waals surface area (Å²) in [6, 6.07) is 3.99. The first-order chi connectivity index (χ1) is 11.8. The number of likely N-dealkylation sites (tertiary alicyclic amines) is 2. The summed E-state index contributed by atoms with van der Waals surface area (Å²) in [4.78, 5) is 5.00. The summed E-state index contributed by atoms with van der Waals surface area (Å²) in [5, 5.41) is 10.0. The minimum absolute atomic E-state index is 0.304. The Labute approximate surface area is 145 Å². The Morgan fingerprint density at radius 1 is 1.25 bits per heavy atom. The Morgan fingerprint density at radius 3 is 2.62 bits per heavy atom. The highest BCUT2D eigenvalue weighted by Crippen LogP contribution is 2.45. The van der Waals surface area contributed by atoms with Gasteiger partial charge < -0.3 is 19.2 Å². The van der Waals surface area contributed by atoms with E-state index in [0.29, 0.717) is 17.9 Å². The number of methoxy groups -OCH3 is 1. The van der Waals surface area contributed by atoms with Crippen LogP contribution in [-0.2, 0) is 11.3 Å². The van der Waals surface area contributed by atoms with E-state index in [1.165, 1.54) is 32.4 Å². The lowest BCUT2D eigenvalue weighted by molar-refractivity contribution is -0.0456. The topological polar surface area (TPSA) is 49.1 Å². The SMILES string of the molecule is COCCCN1CCC2(CC1)CCN(Cc1ccco1)C[C@@H]2CO. The molecule has 1 N–H and O–H groups in total. The molecular weight excluding hydrogens is 304 g/mol. The number of aliphatic hydroxyl groups excluding tert-OH is 1. The number of hydrogen-bond acceptors (Lipinski definition) is 5. The lowest BCUT2D eigenvalue weighted by Gasteiger charge is -2.51. The molecule has 136 valence electrons. The molecule has 5 nitrogen and oxygen atoms in total. The van der Waals surface area contributed by atoms with E-state index < -0.39 is 0 Å². The fourth-order valence-electron chi connectivity index (χ4n) is 4.51. The monoisotopic (exact) mass is 336 g/mol. The van der Waals surface area contributed by atoms with E-state index in [2.05, 4.69) is 9.80 Å². The fourth-order valence-corrected chi connectivity index (χ4v) is 4.51. The van der Waals surface area contributed by atoms with E-state index in [1.54, 1.807) is 13.4 Å². The molecule has 2 saturated heterocycles.